The minimum absolute atomic E-state index is 0.345. The van der Waals surface area contributed by atoms with Crippen LogP contribution in [0.15, 0.2) is 4.47 Å². The highest BCUT2D eigenvalue weighted by molar-refractivity contribution is 9.10. The first-order chi connectivity index (χ1) is 8.67. The zero-order valence-electron chi connectivity index (χ0n) is 10.9. The number of halogens is 1. The molecule has 2 atom stereocenters. The maximum atomic E-state index is 5.74. The number of nitrogens with one attached hydrogen (secondary N) is 1. The summed E-state index contributed by atoms with van der Waals surface area (Å²) in [7, 11) is 0. The topological polar surface area (TPSA) is 55.9 Å². The Hall–Kier alpha value is -0.0400. The number of nitrogens with two attached hydrogens (primary N) is 1. The average molecular weight is 333 g/mol. The summed E-state index contributed by atoms with van der Waals surface area (Å²) < 4.78 is 3.21. The van der Waals surface area contributed by atoms with Gasteiger partial charge >= 0.3 is 0 Å². The second-order valence-electron chi connectivity index (χ2n) is 4.76. The summed E-state index contributed by atoms with van der Waals surface area (Å²) in [6.07, 6.45) is 2.20. The lowest BCUT2D eigenvalue weighted by molar-refractivity contribution is 0.376. The zero-order chi connectivity index (χ0) is 13.1. The second kappa shape index (κ2) is 6.41. The standard InChI is InChI=1S/C12H21BrN4S/c1-3-17-11(12(13)8(2)16-17)6-10(15-14)9-4-5-18-7-9/h9-10,15H,3-7,14H2,1-2H3. The quantitative estimate of drug-likeness (QED) is 0.640. The largest absolute Gasteiger partial charge is 0.271 e. The summed E-state index contributed by atoms with van der Waals surface area (Å²) in [5, 5.41) is 4.54. The summed E-state index contributed by atoms with van der Waals surface area (Å²) in [5.74, 6) is 8.89. The maximum Gasteiger partial charge on any atom is 0.0738 e. The van der Waals surface area contributed by atoms with Gasteiger partial charge in [0.05, 0.1) is 15.9 Å². The first-order valence-electron chi connectivity index (χ1n) is 6.43. The smallest absolute Gasteiger partial charge is 0.0738 e. The van der Waals surface area contributed by atoms with Gasteiger partial charge < -0.3 is 0 Å². The fraction of sp³-hybridized carbons (Fsp3) is 0.750. The van der Waals surface area contributed by atoms with Crippen molar-refractivity contribution in [1.29, 1.82) is 0 Å². The van der Waals surface area contributed by atoms with E-state index < -0.39 is 0 Å². The van der Waals surface area contributed by atoms with Crippen LogP contribution in [0.4, 0.5) is 0 Å². The Kier molecular flexibility index (Phi) is 5.12. The van der Waals surface area contributed by atoms with Gasteiger partial charge in [-0.1, -0.05) is 0 Å². The van der Waals surface area contributed by atoms with E-state index in [0.717, 1.165) is 23.1 Å². The average Bonchev–Trinajstić information content (AvgIpc) is 2.98. The number of aromatic nitrogens is 2. The van der Waals surface area contributed by atoms with Crippen LogP contribution in [0, 0.1) is 12.8 Å². The summed E-state index contributed by atoms with van der Waals surface area (Å²) in [5.41, 5.74) is 5.32. The molecule has 0 bridgehead atoms. The van der Waals surface area contributed by atoms with E-state index in [4.69, 9.17) is 5.84 Å². The Balaban J connectivity index is 2.15. The highest BCUT2D eigenvalue weighted by Crippen LogP contribution is 2.29. The van der Waals surface area contributed by atoms with E-state index >= 15 is 0 Å². The van der Waals surface area contributed by atoms with Gasteiger partial charge in [0.1, 0.15) is 0 Å². The predicted octanol–water partition coefficient (Wildman–Crippen LogP) is 2.10. The number of hydrazine groups is 1. The lowest BCUT2D eigenvalue weighted by atomic mass is 9.95. The fourth-order valence-corrected chi connectivity index (χ4v) is 4.29. The van der Waals surface area contributed by atoms with Gasteiger partial charge in [-0.25, -0.2) is 0 Å². The van der Waals surface area contributed by atoms with Crippen LogP contribution in [0.3, 0.4) is 0 Å². The number of aryl methyl sites for hydroxylation is 2. The molecular weight excluding hydrogens is 312 g/mol. The molecular formula is C12H21BrN4S. The molecule has 2 rings (SSSR count). The predicted molar refractivity (Wildman–Crippen MR) is 80.6 cm³/mol. The lowest BCUT2D eigenvalue weighted by Gasteiger charge is -2.22. The maximum absolute atomic E-state index is 5.74. The molecule has 0 aromatic carbocycles. The van der Waals surface area contributed by atoms with Crippen molar-refractivity contribution in [1.82, 2.24) is 15.2 Å². The van der Waals surface area contributed by atoms with Gasteiger partial charge in [-0.3, -0.25) is 16.0 Å². The van der Waals surface area contributed by atoms with E-state index in [2.05, 4.69) is 38.1 Å². The number of rotatable bonds is 5. The monoisotopic (exact) mass is 332 g/mol. The Morgan fingerprint density at radius 3 is 3.00 bits per heavy atom. The van der Waals surface area contributed by atoms with E-state index in [-0.39, 0.29) is 0 Å². The van der Waals surface area contributed by atoms with E-state index in [1.54, 1.807) is 0 Å². The summed E-state index contributed by atoms with van der Waals surface area (Å²) >= 11 is 5.68. The van der Waals surface area contributed by atoms with Crippen LogP contribution in [0.2, 0.25) is 0 Å². The molecule has 1 fully saturated rings. The molecule has 4 nitrogen and oxygen atoms in total. The van der Waals surface area contributed by atoms with E-state index in [1.807, 2.05) is 18.7 Å². The minimum Gasteiger partial charge on any atom is -0.271 e. The number of thioether (sulfide) groups is 1. The minimum atomic E-state index is 0.345. The van der Waals surface area contributed by atoms with Crippen molar-refractivity contribution in [2.75, 3.05) is 11.5 Å². The molecule has 1 aromatic heterocycles. The van der Waals surface area contributed by atoms with E-state index in [9.17, 15) is 0 Å². The van der Waals surface area contributed by atoms with Crippen molar-refractivity contribution < 1.29 is 0 Å². The Labute approximate surface area is 121 Å². The van der Waals surface area contributed by atoms with Crippen LogP contribution in [0.5, 0.6) is 0 Å². The molecule has 1 aliphatic rings. The fourth-order valence-electron chi connectivity index (χ4n) is 2.50. The van der Waals surface area contributed by atoms with Gasteiger partial charge in [0.15, 0.2) is 0 Å². The van der Waals surface area contributed by atoms with Crippen LogP contribution in [-0.2, 0) is 13.0 Å². The summed E-state index contributed by atoms with van der Waals surface area (Å²) in [4.78, 5) is 0. The summed E-state index contributed by atoms with van der Waals surface area (Å²) in [6.45, 7) is 5.06. The molecule has 2 unspecified atom stereocenters. The first-order valence-corrected chi connectivity index (χ1v) is 8.37. The van der Waals surface area contributed by atoms with Crippen LogP contribution in [0.25, 0.3) is 0 Å². The van der Waals surface area contributed by atoms with Crippen molar-refractivity contribution in [3.8, 4) is 0 Å². The van der Waals surface area contributed by atoms with Gasteiger partial charge in [0, 0.05) is 19.0 Å². The highest BCUT2D eigenvalue weighted by Gasteiger charge is 2.27. The highest BCUT2D eigenvalue weighted by atomic mass is 79.9. The van der Waals surface area contributed by atoms with Crippen molar-refractivity contribution in [3.63, 3.8) is 0 Å². The molecule has 102 valence electrons. The molecule has 0 saturated carbocycles. The van der Waals surface area contributed by atoms with Crippen LogP contribution in [-0.4, -0.2) is 27.3 Å². The molecule has 18 heavy (non-hydrogen) atoms. The zero-order valence-corrected chi connectivity index (χ0v) is 13.4. The van der Waals surface area contributed by atoms with Gasteiger partial charge in [-0.15, -0.1) is 0 Å². The first kappa shape index (κ1) is 14.4. The molecule has 0 aliphatic carbocycles. The molecule has 0 radical (unpaired) electrons. The molecule has 1 aliphatic heterocycles. The third-order valence-corrected chi connectivity index (χ3v) is 5.83. The molecule has 3 N–H and O–H groups in total. The van der Waals surface area contributed by atoms with Crippen molar-refractivity contribution in [2.45, 2.75) is 39.3 Å². The van der Waals surface area contributed by atoms with Gasteiger partial charge in [0.25, 0.3) is 0 Å². The molecule has 0 amide bonds. The van der Waals surface area contributed by atoms with Crippen molar-refractivity contribution in [2.24, 2.45) is 11.8 Å². The molecule has 1 saturated heterocycles. The molecule has 1 aromatic rings. The Morgan fingerprint density at radius 1 is 1.67 bits per heavy atom. The SMILES string of the molecule is CCn1nc(C)c(Br)c1CC(NN)C1CCSC1. The molecule has 2 heterocycles. The number of hydrogen-bond acceptors (Lipinski definition) is 4. The molecule has 0 spiro atoms. The van der Waals surface area contributed by atoms with Gasteiger partial charge in [0.2, 0.25) is 0 Å². The van der Waals surface area contributed by atoms with Crippen molar-refractivity contribution in [3.05, 3.63) is 15.9 Å². The summed E-state index contributed by atoms with van der Waals surface area (Å²) in [6, 6.07) is 0.345. The normalized spacial score (nSPS) is 21.4. The van der Waals surface area contributed by atoms with Crippen LogP contribution in [0.1, 0.15) is 24.7 Å². The lowest BCUT2D eigenvalue weighted by Crippen LogP contribution is -2.43. The third kappa shape index (κ3) is 2.92. The van der Waals surface area contributed by atoms with Crippen LogP contribution >= 0.6 is 27.7 Å². The van der Waals surface area contributed by atoms with Gasteiger partial charge in [-0.2, -0.15) is 16.9 Å². The second-order valence-corrected chi connectivity index (χ2v) is 6.71. The number of nitrogens with zero attached hydrogens (tertiary/aromatic N) is 2. The van der Waals surface area contributed by atoms with E-state index in [1.165, 1.54) is 23.6 Å². The molecule has 6 heteroatoms. The van der Waals surface area contributed by atoms with Crippen LogP contribution < -0.4 is 11.3 Å². The van der Waals surface area contributed by atoms with Gasteiger partial charge in [-0.05, 0) is 53.6 Å². The third-order valence-electron chi connectivity index (χ3n) is 3.61. The van der Waals surface area contributed by atoms with E-state index in [0.29, 0.717) is 12.0 Å². The Bertz CT molecular complexity index is 401. The number of hydrogen-bond donors (Lipinski definition) is 2. The Morgan fingerprint density at radius 2 is 2.44 bits per heavy atom. The van der Waals surface area contributed by atoms with Crippen molar-refractivity contribution >= 4 is 27.7 Å².